The lowest BCUT2D eigenvalue weighted by molar-refractivity contribution is 0.296. The molecule has 0 radical (unpaired) electrons. The van der Waals surface area contributed by atoms with E-state index < -0.39 is 0 Å². The Hall–Kier alpha value is -2.46. The molecule has 0 unspecified atom stereocenters. The van der Waals surface area contributed by atoms with E-state index in [1.807, 2.05) is 48.5 Å². The molecule has 0 saturated carbocycles. The molecule has 6 nitrogen and oxygen atoms in total. The van der Waals surface area contributed by atoms with E-state index >= 15 is 0 Å². The van der Waals surface area contributed by atoms with Gasteiger partial charge in [-0.25, -0.2) is 4.39 Å². The average molecular weight is 563 g/mol. The van der Waals surface area contributed by atoms with Gasteiger partial charge in [-0.3, -0.25) is 0 Å². The van der Waals surface area contributed by atoms with Crippen LogP contribution in [0.5, 0.6) is 5.75 Å². The summed E-state index contributed by atoms with van der Waals surface area (Å²) in [7, 11) is 0. The fourth-order valence-electron chi connectivity index (χ4n) is 3.23. The van der Waals surface area contributed by atoms with Crippen molar-refractivity contribution < 1.29 is 9.13 Å². The Balaban J connectivity index is 1.26. The topological polar surface area (TPSA) is 64.9 Å². The second-order valence-electron chi connectivity index (χ2n) is 7.33. The maximum atomic E-state index is 14.1. The first kappa shape index (κ1) is 24.7. The highest BCUT2D eigenvalue weighted by molar-refractivity contribution is 9.10. The van der Waals surface area contributed by atoms with Gasteiger partial charge in [0.25, 0.3) is 0 Å². The molecule has 0 saturated heterocycles. The molecule has 4 aromatic rings. The summed E-state index contributed by atoms with van der Waals surface area (Å²) in [5.41, 5.74) is 2.26. The number of tetrazole rings is 1. The molecule has 10 heteroatoms. The third kappa shape index (κ3) is 6.56. The number of para-hydroxylation sites is 1. The molecule has 1 N–H and O–H groups in total. The van der Waals surface area contributed by atoms with Gasteiger partial charge in [0.05, 0.1) is 10.7 Å². The van der Waals surface area contributed by atoms with Crippen LogP contribution in [0.25, 0.3) is 5.69 Å². The van der Waals surface area contributed by atoms with E-state index in [4.69, 9.17) is 16.3 Å². The zero-order valence-electron chi connectivity index (χ0n) is 18.1. The fraction of sp³-hybridized carbons (Fsp3) is 0.208. The van der Waals surface area contributed by atoms with Crippen LogP contribution in [0.15, 0.2) is 76.4 Å². The minimum absolute atomic E-state index is 0.0624. The van der Waals surface area contributed by atoms with Gasteiger partial charge in [0.15, 0.2) is 0 Å². The zero-order chi connectivity index (χ0) is 23.8. The monoisotopic (exact) mass is 561 g/mol. The lowest BCUT2D eigenvalue weighted by Gasteiger charge is -2.14. The number of nitrogens with one attached hydrogen (secondary N) is 1. The third-order valence-corrected chi connectivity index (χ3v) is 6.80. The summed E-state index contributed by atoms with van der Waals surface area (Å²) in [6.45, 7) is 1.49. The Kier molecular flexibility index (Phi) is 8.92. The van der Waals surface area contributed by atoms with Gasteiger partial charge < -0.3 is 10.1 Å². The number of thioether (sulfide) groups is 1. The van der Waals surface area contributed by atoms with Crippen LogP contribution in [0.1, 0.15) is 17.5 Å². The summed E-state index contributed by atoms with van der Waals surface area (Å²) in [4.78, 5) is 0. The SMILES string of the molecule is Fc1cccc(Cl)c1COc1ccc(Br)cc1CNCCCSc1nnnn1-c1ccccc1. The average Bonchev–Trinajstić information content (AvgIpc) is 3.31. The Morgan fingerprint density at radius 1 is 1.09 bits per heavy atom. The van der Waals surface area contributed by atoms with Gasteiger partial charge in [-0.2, -0.15) is 4.68 Å². The number of hydrogen-bond donors (Lipinski definition) is 1. The van der Waals surface area contributed by atoms with Crippen molar-refractivity contribution in [1.82, 2.24) is 25.5 Å². The van der Waals surface area contributed by atoms with Crippen LogP contribution in [-0.4, -0.2) is 32.5 Å². The molecule has 1 heterocycles. The van der Waals surface area contributed by atoms with Crippen molar-refractivity contribution in [3.8, 4) is 11.4 Å². The molecule has 34 heavy (non-hydrogen) atoms. The van der Waals surface area contributed by atoms with Gasteiger partial charge in [-0.05, 0) is 65.9 Å². The van der Waals surface area contributed by atoms with Crippen LogP contribution in [-0.2, 0) is 13.2 Å². The minimum atomic E-state index is -0.375. The molecule has 0 aliphatic heterocycles. The molecule has 4 rings (SSSR count). The van der Waals surface area contributed by atoms with Gasteiger partial charge >= 0.3 is 0 Å². The summed E-state index contributed by atoms with van der Waals surface area (Å²) in [5, 5.41) is 16.6. The first-order chi connectivity index (χ1) is 16.6. The standard InChI is InChI=1S/C24H22BrClFN5OS/c25-18-10-11-23(33-16-20-21(26)8-4-9-22(20)27)17(14-18)15-28-12-5-13-34-24-29-30-31-32(24)19-6-2-1-3-7-19/h1-4,6-11,14,28H,5,12-13,15-16H2. The van der Waals surface area contributed by atoms with Crippen LogP contribution >= 0.6 is 39.3 Å². The van der Waals surface area contributed by atoms with E-state index in [0.717, 1.165) is 39.6 Å². The second-order valence-corrected chi connectivity index (χ2v) is 9.71. The van der Waals surface area contributed by atoms with Crippen molar-refractivity contribution in [2.75, 3.05) is 12.3 Å². The summed E-state index contributed by atoms with van der Waals surface area (Å²) in [6.07, 6.45) is 0.932. The summed E-state index contributed by atoms with van der Waals surface area (Å²) < 4.78 is 22.7. The smallest absolute Gasteiger partial charge is 0.214 e. The van der Waals surface area contributed by atoms with Gasteiger partial charge in [-0.1, -0.05) is 63.6 Å². The number of aromatic nitrogens is 4. The number of halogens is 3. The van der Waals surface area contributed by atoms with Crippen molar-refractivity contribution in [3.05, 3.63) is 93.2 Å². The molecule has 176 valence electrons. The molecule has 0 aliphatic carbocycles. The second kappa shape index (κ2) is 12.3. The molecule has 0 aliphatic rings. The number of nitrogens with zero attached hydrogens (tertiary/aromatic N) is 4. The maximum absolute atomic E-state index is 14.1. The van der Waals surface area contributed by atoms with Crippen LogP contribution in [0.3, 0.4) is 0 Å². The van der Waals surface area contributed by atoms with Crippen LogP contribution < -0.4 is 10.1 Å². The largest absolute Gasteiger partial charge is 0.488 e. The number of benzene rings is 3. The highest BCUT2D eigenvalue weighted by Gasteiger charge is 2.11. The Bertz CT molecular complexity index is 1210. The van der Waals surface area contributed by atoms with E-state index in [1.54, 1.807) is 28.6 Å². The van der Waals surface area contributed by atoms with Crippen molar-refractivity contribution in [2.24, 2.45) is 0 Å². The molecule has 0 atom stereocenters. The Morgan fingerprint density at radius 3 is 2.76 bits per heavy atom. The van der Waals surface area contributed by atoms with Crippen molar-refractivity contribution in [2.45, 2.75) is 24.7 Å². The third-order valence-electron chi connectivity index (χ3n) is 4.94. The minimum Gasteiger partial charge on any atom is -0.488 e. The summed E-state index contributed by atoms with van der Waals surface area (Å²) in [6, 6.07) is 20.2. The molecule has 0 spiro atoms. The van der Waals surface area contributed by atoms with Gasteiger partial charge in [0.1, 0.15) is 18.2 Å². The first-order valence-corrected chi connectivity index (χ1v) is 12.8. The van der Waals surface area contributed by atoms with E-state index in [0.29, 0.717) is 22.9 Å². The van der Waals surface area contributed by atoms with Crippen LogP contribution in [0, 0.1) is 5.82 Å². The highest BCUT2D eigenvalue weighted by Crippen LogP contribution is 2.26. The summed E-state index contributed by atoms with van der Waals surface area (Å²) >= 11 is 11.2. The number of rotatable bonds is 11. The van der Waals surface area contributed by atoms with Crippen molar-refractivity contribution >= 4 is 39.3 Å². The summed E-state index contributed by atoms with van der Waals surface area (Å²) in [5.74, 6) is 1.18. The van der Waals surface area contributed by atoms with E-state index in [-0.39, 0.29) is 12.4 Å². The number of hydrogen-bond acceptors (Lipinski definition) is 6. The molecule has 0 bridgehead atoms. The molecular weight excluding hydrogens is 541 g/mol. The lowest BCUT2D eigenvalue weighted by Crippen LogP contribution is -2.16. The lowest BCUT2D eigenvalue weighted by atomic mass is 10.2. The highest BCUT2D eigenvalue weighted by atomic mass is 79.9. The van der Waals surface area contributed by atoms with E-state index in [9.17, 15) is 4.39 Å². The van der Waals surface area contributed by atoms with Crippen molar-refractivity contribution in [3.63, 3.8) is 0 Å². The predicted molar refractivity (Wildman–Crippen MR) is 136 cm³/mol. The zero-order valence-corrected chi connectivity index (χ0v) is 21.3. The predicted octanol–water partition coefficient (Wildman–Crippen LogP) is 6.07. The Morgan fingerprint density at radius 2 is 1.94 bits per heavy atom. The molecule has 0 fully saturated rings. The quantitative estimate of drug-likeness (QED) is 0.177. The van der Waals surface area contributed by atoms with Crippen LogP contribution in [0.2, 0.25) is 5.02 Å². The molecule has 0 amide bonds. The molecule has 3 aromatic carbocycles. The fourth-order valence-corrected chi connectivity index (χ4v) is 4.69. The number of ether oxygens (including phenoxy) is 1. The first-order valence-electron chi connectivity index (χ1n) is 10.6. The van der Waals surface area contributed by atoms with Crippen molar-refractivity contribution in [1.29, 1.82) is 0 Å². The van der Waals surface area contributed by atoms with Gasteiger partial charge in [0, 0.05) is 27.9 Å². The van der Waals surface area contributed by atoms with E-state index in [2.05, 4.69) is 36.8 Å². The maximum Gasteiger partial charge on any atom is 0.214 e. The van der Waals surface area contributed by atoms with Gasteiger partial charge in [0.2, 0.25) is 5.16 Å². The molecular formula is C24H22BrClFN5OS. The molecule has 1 aromatic heterocycles. The Labute approximate surface area is 215 Å². The van der Waals surface area contributed by atoms with Gasteiger partial charge in [-0.15, -0.1) is 5.10 Å². The normalized spacial score (nSPS) is 11.0. The van der Waals surface area contributed by atoms with E-state index in [1.165, 1.54) is 6.07 Å². The van der Waals surface area contributed by atoms with Crippen LogP contribution in [0.4, 0.5) is 4.39 Å².